The highest BCUT2D eigenvalue weighted by Crippen LogP contribution is 2.30. The van der Waals surface area contributed by atoms with Gasteiger partial charge in [-0.15, -0.1) is 0 Å². The topological polar surface area (TPSA) is 55.4 Å². The lowest BCUT2D eigenvalue weighted by molar-refractivity contribution is 0.0264. The van der Waals surface area contributed by atoms with E-state index in [0.29, 0.717) is 24.2 Å². The van der Waals surface area contributed by atoms with E-state index in [1.54, 1.807) is 18.2 Å². The molecule has 1 fully saturated rings. The van der Waals surface area contributed by atoms with Crippen molar-refractivity contribution in [3.63, 3.8) is 0 Å². The molecule has 1 aromatic carbocycles. The van der Waals surface area contributed by atoms with Crippen LogP contribution in [0.2, 0.25) is 0 Å². The molecule has 7 heteroatoms. The van der Waals surface area contributed by atoms with Gasteiger partial charge in [-0.1, -0.05) is 22.9 Å². The van der Waals surface area contributed by atoms with Crippen molar-refractivity contribution < 1.29 is 13.2 Å². The summed E-state index contributed by atoms with van der Waals surface area (Å²) in [5.41, 5.74) is -0.0346. The second-order valence-electron chi connectivity index (χ2n) is 5.32. The van der Waals surface area contributed by atoms with Crippen molar-refractivity contribution in [2.75, 3.05) is 19.8 Å². The van der Waals surface area contributed by atoms with Gasteiger partial charge in [-0.2, -0.15) is 0 Å². The molecule has 1 saturated heterocycles. The Hall–Kier alpha value is 0.0500. The minimum Gasteiger partial charge on any atom is -0.381 e. The van der Waals surface area contributed by atoms with Crippen molar-refractivity contribution in [3.8, 4) is 0 Å². The Balaban J connectivity index is 2.11. The van der Waals surface area contributed by atoms with E-state index in [9.17, 15) is 8.42 Å². The normalized spacial score (nSPS) is 18.9. The van der Waals surface area contributed by atoms with Crippen LogP contribution in [0.4, 0.5) is 0 Å². The number of nitrogens with one attached hydrogen (secondary N) is 1. The van der Waals surface area contributed by atoms with Gasteiger partial charge < -0.3 is 4.74 Å². The molecule has 1 N–H and O–H groups in total. The zero-order valence-corrected chi connectivity index (χ0v) is 15.1. The van der Waals surface area contributed by atoms with Gasteiger partial charge in [0, 0.05) is 28.7 Å². The maximum Gasteiger partial charge on any atom is 0.241 e. The van der Waals surface area contributed by atoms with Crippen molar-refractivity contribution in [3.05, 3.63) is 27.1 Å². The molecule has 0 saturated carbocycles. The summed E-state index contributed by atoms with van der Waals surface area (Å²) in [6.45, 7) is 3.91. The first kappa shape index (κ1) is 16.4. The molecule has 2 rings (SSSR count). The maximum absolute atomic E-state index is 12.4. The number of benzene rings is 1. The first-order chi connectivity index (χ1) is 9.32. The number of hydrogen-bond acceptors (Lipinski definition) is 3. The number of rotatable bonds is 4. The Bertz CT molecular complexity index is 583. The average Bonchev–Trinajstić information content (AvgIpc) is 2.37. The first-order valence-corrected chi connectivity index (χ1v) is 9.42. The van der Waals surface area contributed by atoms with Crippen LogP contribution >= 0.6 is 31.9 Å². The molecule has 0 radical (unpaired) electrons. The summed E-state index contributed by atoms with van der Waals surface area (Å²) in [6, 6.07) is 5.03. The smallest absolute Gasteiger partial charge is 0.241 e. The summed E-state index contributed by atoms with van der Waals surface area (Å²) in [7, 11) is -3.50. The molecule has 0 bridgehead atoms. The second kappa shape index (κ2) is 6.44. The highest BCUT2D eigenvalue weighted by atomic mass is 79.9. The molecule has 20 heavy (non-hydrogen) atoms. The van der Waals surface area contributed by atoms with Crippen molar-refractivity contribution >= 4 is 41.9 Å². The third-order valence-corrected chi connectivity index (χ3v) is 6.44. The fourth-order valence-corrected chi connectivity index (χ4v) is 5.02. The van der Waals surface area contributed by atoms with Crippen molar-refractivity contribution in [1.29, 1.82) is 0 Å². The third kappa shape index (κ3) is 4.04. The standard InChI is InChI=1S/C13H17Br2NO3S/c1-13(4-6-19-7-5-13)9-16-20(17,18)12-3-2-10(14)8-11(12)15/h2-3,8,16H,4-7,9H2,1H3. The van der Waals surface area contributed by atoms with Gasteiger partial charge in [0.05, 0.1) is 4.90 Å². The largest absolute Gasteiger partial charge is 0.381 e. The maximum atomic E-state index is 12.4. The van der Waals surface area contributed by atoms with E-state index < -0.39 is 10.0 Å². The Morgan fingerprint density at radius 3 is 2.55 bits per heavy atom. The molecule has 0 atom stereocenters. The number of ether oxygens (including phenoxy) is 1. The SMILES string of the molecule is CC1(CNS(=O)(=O)c2ccc(Br)cc2Br)CCOCC1. The predicted octanol–water partition coefficient (Wildman–Crippen LogP) is 3.31. The molecule has 0 aromatic heterocycles. The molecular weight excluding hydrogens is 410 g/mol. The van der Waals surface area contributed by atoms with E-state index >= 15 is 0 Å². The van der Waals surface area contributed by atoms with E-state index in [0.717, 1.165) is 17.3 Å². The van der Waals surface area contributed by atoms with E-state index in [2.05, 4.69) is 43.5 Å². The average molecular weight is 427 g/mol. The lowest BCUT2D eigenvalue weighted by Crippen LogP contribution is -2.39. The van der Waals surface area contributed by atoms with Crippen LogP contribution in [-0.4, -0.2) is 28.2 Å². The lowest BCUT2D eigenvalue weighted by Gasteiger charge is -2.33. The van der Waals surface area contributed by atoms with Crippen LogP contribution in [0, 0.1) is 5.41 Å². The molecule has 0 amide bonds. The van der Waals surface area contributed by atoms with Gasteiger partial charge in [0.15, 0.2) is 0 Å². The Kier molecular flexibility index (Phi) is 5.29. The highest BCUT2D eigenvalue weighted by Gasteiger charge is 2.29. The molecule has 1 aromatic rings. The van der Waals surface area contributed by atoms with Gasteiger partial charge in [0.2, 0.25) is 10.0 Å². The van der Waals surface area contributed by atoms with E-state index in [4.69, 9.17) is 4.74 Å². The quantitative estimate of drug-likeness (QED) is 0.803. The van der Waals surface area contributed by atoms with Crippen LogP contribution in [0.1, 0.15) is 19.8 Å². The summed E-state index contributed by atoms with van der Waals surface area (Å²) in [4.78, 5) is 0.261. The summed E-state index contributed by atoms with van der Waals surface area (Å²) < 4.78 is 34.1. The molecule has 1 aliphatic rings. The van der Waals surface area contributed by atoms with Gasteiger partial charge >= 0.3 is 0 Å². The molecule has 4 nitrogen and oxygen atoms in total. The number of hydrogen-bond donors (Lipinski definition) is 1. The van der Waals surface area contributed by atoms with Gasteiger partial charge in [0.1, 0.15) is 0 Å². The molecule has 1 heterocycles. The van der Waals surface area contributed by atoms with Gasteiger partial charge in [-0.25, -0.2) is 13.1 Å². The first-order valence-electron chi connectivity index (χ1n) is 6.35. The summed E-state index contributed by atoms with van der Waals surface area (Å²) in [6.07, 6.45) is 1.74. The monoisotopic (exact) mass is 425 g/mol. The lowest BCUT2D eigenvalue weighted by atomic mass is 9.83. The van der Waals surface area contributed by atoms with Crippen LogP contribution in [0.3, 0.4) is 0 Å². The van der Waals surface area contributed by atoms with E-state index in [-0.39, 0.29) is 10.3 Å². The molecule has 0 aliphatic carbocycles. The van der Waals surface area contributed by atoms with Gasteiger partial charge in [-0.05, 0) is 52.4 Å². The minimum atomic E-state index is -3.50. The third-order valence-electron chi connectivity index (χ3n) is 3.57. The number of sulfonamides is 1. The zero-order valence-electron chi connectivity index (χ0n) is 11.2. The summed E-state index contributed by atoms with van der Waals surface area (Å²) >= 11 is 6.61. The van der Waals surface area contributed by atoms with Crippen LogP contribution < -0.4 is 4.72 Å². The van der Waals surface area contributed by atoms with Crippen LogP contribution in [-0.2, 0) is 14.8 Å². The summed E-state index contributed by atoms with van der Waals surface area (Å²) in [5.74, 6) is 0. The van der Waals surface area contributed by atoms with Gasteiger partial charge in [-0.3, -0.25) is 0 Å². The Morgan fingerprint density at radius 1 is 1.30 bits per heavy atom. The molecule has 112 valence electrons. The van der Waals surface area contributed by atoms with Crippen molar-refractivity contribution in [2.45, 2.75) is 24.7 Å². The minimum absolute atomic E-state index is 0.0346. The van der Waals surface area contributed by atoms with Crippen LogP contribution in [0.25, 0.3) is 0 Å². The number of halogens is 2. The van der Waals surface area contributed by atoms with Crippen LogP contribution in [0.15, 0.2) is 32.0 Å². The molecule has 1 aliphatic heterocycles. The zero-order chi connectivity index (χ0) is 14.8. The Labute approximate surface area is 136 Å². The molecular formula is C13H17Br2NO3S. The predicted molar refractivity (Wildman–Crippen MR) is 85.2 cm³/mol. The van der Waals surface area contributed by atoms with Crippen molar-refractivity contribution in [1.82, 2.24) is 4.72 Å². The fraction of sp³-hybridized carbons (Fsp3) is 0.538. The second-order valence-corrected chi connectivity index (χ2v) is 8.83. The highest BCUT2D eigenvalue weighted by molar-refractivity contribution is 9.11. The van der Waals surface area contributed by atoms with E-state index in [1.807, 2.05) is 0 Å². The van der Waals surface area contributed by atoms with Crippen molar-refractivity contribution in [2.24, 2.45) is 5.41 Å². The molecule has 0 spiro atoms. The Morgan fingerprint density at radius 2 is 1.95 bits per heavy atom. The van der Waals surface area contributed by atoms with Crippen LogP contribution in [0.5, 0.6) is 0 Å². The van der Waals surface area contributed by atoms with Gasteiger partial charge in [0.25, 0.3) is 0 Å². The fourth-order valence-electron chi connectivity index (χ4n) is 2.08. The molecule has 0 unspecified atom stereocenters. The van der Waals surface area contributed by atoms with E-state index in [1.165, 1.54) is 0 Å². The summed E-state index contributed by atoms with van der Waals surface area (Å²) in [5, 5.41) is 0.